The van der Waals surface area contributed by atoms with Gasteiger partial charge >= 0.3 is 0 Å². The number of fused-ring (bicyclic) bond motifs is 2. The predicted molar refractivity (Wildman–Crippen MR) is 120 cm³/mol. The molecule has 2 aromatic rings. The molecule has 2 aliphatic carbocycles. The van der Waals surface area contributed by atoms with Crippen LogP contribution in [-0.4, -0.2) is 6.61 Å². The van der Waals surface area contributed by atoms with Crippen molar-refractivity contribution in [2.45, 2.75) is 71.1 Å². The maximum atomic E-state index is 14.9. The van der Waals surface area contributed by atoms with Gasteiger partial charge in [-0.15, -0.1) is 0 Å². The Morgan fingerprint density at radius 2 is 1.74 bits per heavy atom. The molecular weight excluding hydrogens is 397 g/mol. The Balaban J connectivity index is 1.58. The van der Waals surface area contributed by atoms with Gasteiger partial charge in [0.05, 0.1) is 5.39 Å². The summed E-state index contributed by atoms with van der Waals surface area (Å²) in [5.74, 6) is -0.498. The van der Waals surface area contributed by atoms with Crippen LogP contribution in [-0.2, 0) is 0 Å². The molecule has 2 saturated carbocycles. The molecular formula is C27H33F3O. The highest BCUT2D eigenvalue weighted by Crippen LogP contribution is 2.49. The summed E-state index contributed by atoms with van der Waals surface area (Å²) in [5.41, 5.74) is 0.907. The molecule has 0 heterocycles. The highest BCUT2D eigenvalue weighted by molar-refractivity contribution is 5.86. The minimum atomic E-state index is -1.17. The van der Waals surface area contributed by atoms with Crippen LogP contribution in [0.25, 0.3) is 10.8 Å². The summed E-state index contributed by atoms with van der Waals surface area (Å²) in [6, 6.07) is 4.71. The molecule has 4 atom stereocenters. The normalized spacial score (nSPS) is 26.4. The molecule has 0 amide bonds. The quantitative estimate of drug-likeness (QED) is 0.419. The second kappa shape index (κ2) is 9.67. The van der Waals surface area contributed by atoms with Crippen LogP contribution in [0, 0.1) is 35.2 Å². The molecule has 1 nitrogen and oxygen atoms in total. The van der Waals surface area contributed by atoms with Gasteiger partial charge in [0.15, 0.2) is 11.6 Å². The summed E-state index contributed by atoms with van der Waals surface area (Å²) in [6.45, 7) is 4.24. The lowest BCUT2D eigenvalue weighted by Gasteiger charge is -2.42. The molecule has 0 aromatic heterocycles. The van der Waals surface area contributed by atoms with Crippen LogP contribution in [0.4, 0.5) is 13.2 Å². The first-order chi connectivity index (χ1) is 15.0. The molecule has 2 fully saturated rings. The predicted octanol–water partition coefficient (Wildman–Crippen LogP) is 8.31. The molecule has 0 bridgehead atoms. The zero-order chi connectivity index (χ0) is 22.0. The van der Waals surface area contributed by atoms with Crippen LogP contribution in [0.1, 0.15) is 76.7 Å². The van der Waals surface area contributed by atoms with E-state index in [4.69, 9.17) is 4.74 Å². The Bertz CT molecular complexity index is 951. The third-order valence-corrected chi connectivity index (χ3v) is 7.52. The van der Waals surface area contributed by atoms with Gasteiger partial charge in [0.25, 0.3) is 0 Å². The third-order valence-electron chi connectivity index (χ3n) is 7.52. The lowest BCUT2D eigenvalue weighted by atomic mass is 9.63. The van der Waals surface area contributed by atoms with Crippen molar-refractivity contribution in [3.8, 4) is 5.75 Å². The fourth-order valence-electron chi connectivity index (χ4n) is 5.95. The van der Waals surface area contributed by atoms with Gasteiger partial charge in [-0.05, 0) is 85.8 Å². The zero-order valence-electron chi connectivity index (χ0n) is 18.6. The lowest BCUT2D eigenvalue weighted by Crippen LogP contribution is -2.30. The number of benzene rings is 2. The van der Waals surface area contributed by atoms with Crippen LogP contribution >= 0.6 is 0 Å². The maximum Gasteiger partial charge on any atom is 0.201 e. The maximum absolute atomic E-state index is 14.9. The second-order valence-electron chi connectivity index (χ2n) is 9.48. The van der Waals surface area contributed by atoms with Crippen molar-refractivity contribution < 1.29 is 17.9 Å². The van der Waals surface area contributed by atoms with Crippen molar-refractivity contribution in [2.75, 3.05) is 6.61 Å². The summed E-state index contributed by atoms with van der Waals surface area (Å²) in [7, 11) is 0. The van der Waals surface area contributed by atoms with Crippen molar-refractivity contribution in [1.82, 2.24) is 0 Å². The Morgan fingerprint density at radius 3 is 2.52 bits per heavy atom. The van der Waals surface area contributed by atoms with Crippen molar-refractivity contribution >= 4 is 10.8 Å². The number of hydrogen-bond donors (Lipinski definition) is 0. The number of halogens is 3. The molecule has 4 unspecified atom stereocenters. The topological polar surface area (TPSA) is 9.23 Å². The Hall–Kier alpha value is -1.97. The molecule has 0 radical (unpaired) electrons. The summed E-state index contributed by atoms with van der Waals surface area (Å²) < 4.78 is 49.2. The van der Waals surface area contributed by atoms with E-state index in [1.54, 1.807) is 12.2 Å². The van der Waals surface area contributed by atoms with E-state index in [1.807, 2.05) is 13.0 Å². The van der Waals surface area contributed by atoms with Gasteiger partial charge in [0.1, 0.15) is 12.4 Å². The van der Waals surface area contributed by atoms with E-state index in [-0.39, 0.29) is 23.7 Å². The number of ether oxygens (including phenoxy) is 1. The number of allylic oxidation sites excluding steroid dienone is 1. The van der Waals surface area contributed by atoms with E-state index in [1.165, 1.54) is 50.7 Å². The minimum absolute atomic E-state index is 0.144. The highest BCUT2D eigenvalue weighted by Gasteiger charge is 2.36. The minimum Gasteiger partial charge on any atom is -0.486 e. The molecule has 0 spiro atoms. The average Bonchev–Trinajstić information content (AvgIpc) is 2.76. The first kappa shape index (κ1) is 22.2. The lowest BCUT2D eigenvalue weighted by molar-refractivity contribution is 0.114. The van der Waals surface area contributed by atoms with Crippen molar-refractivity contribution in [1.29, 1.82) is 0 Å². The molecule has 0 saturated heterocycles. The van der Waals surface area contributed by atoms with Crippen LogP contribution in [0.5, 0.6) is 5.75 Å². The van der Waals surface area contributed by atoms with Gasteiger partial charge < -0.3 is 4.74 Å². The molecule has 2 aliphatic rings. The zero-order valence-corrected chi connectivity index (χ0v) is 18.6. The molecule has 0 aliphatic heterocycles. The fraction of sp³-hybridized carbons (Fsp3) is 0.556. The van der Waals surface area contributed by atoms with E-state index in [2.05, 4.69) is 6.92 Å². The van der Waals surface area contributed by atoms with Gasteiger partial charge in [0.2, 0.25) is 5.82 Å². The third kappa shape index (κ3) is 4.63. The standard InChI is InChI=1S/C27H33F3O/c1-3-5-11-31-24-16-22-14-21(15-23(28)25(22)27(30)26(24)29)20-10-9-18-12-17(6-4-2)7-8-19(18)13-20/h3,5,14-20H,4,6-13H2,1-2H3/b5-3+. The molecule has 2 aromatic carbocycles. The summed E-state index contributed by atoms with van der Waals surface area (Å²) >= 11 is 0. The van der Waals surface area contributed by atoms with E-state index < -0.39 is 17.5 Å². The van der Waals surface area contributed by atoms with Gasteiger partial charge in [-0.2, -0.15) is 4.39 Å². The Kier molecular flexibility index (Phi) is 6.93. The second-order valence-corrected chi connectivity index (χ2v) is 9.48. The molecule has 31 heavy (non-hydrogen) atoms. The summed E-state index contributed by atoms with van der Waals surface area (Å²) in [4.78, 5) is 0. The average molecular weight is 431 g/mol. The highest BCUT2D eigenvalue weighted by atomic mass is 19.2. The monoisotopic (exact) mass is 430 g/mol. The first-order valence-corrected chi connectivity index (χ1v) is 11.9. The molecule has 168 valence electrons. The first-order valence-electron chi connectivity index (χ1n) is 11.9. The SMILES string of the molecule is C/C=C/COc1cc2cc(C3CCC4CC(CCC)CCC4C3)cc(F)c2c(F)c1F. The van der Waals surface area contributed by atoms with Crippen molar-refractivity contribution in [2.24, 2.45) is 17.8 Å². The van der Waals surface area contributed by atoms with Gasteiger partial charge in [-0.25, -0.2) is 8.78 Å². The molecule has 0 N–H and O–H groups in total. The smallest absolute Gasteiger partial charge is 0.201 e. The van der Waals surface area contributed by atoms with Crippen LogP contribution in [0.15, 0.2) is 30.4 Å². The van der Waals surface area contributed by atoms with Gasteiger partial charge in [-0.3, -0.25) is 0 Å². The summed E-state index contributed by atoms with van der Waals surface area (Å²) in [6.07, 6.45) is 13.3. The van der Waals surface area contributed by atoms with Crippen LogP contribution < -0.4 is 4.74 Å². The molecule has 4 rings (SSSR count). The van der Waals surface area contributed by atoms with E-state index in [0.717, 1.165) is 30.2 Å². The van der Waals surface area contributed by atoms with Crippen LogP contribution in [0.2, 0.25) is 0 Å². The van der Waals surface area contributed by atoms with E-state index >= 15 is 0 Å². The fourth-order valence-corrected chi connectivity index (χ4v) is 5.95. The molecule has 4 heteroatoms. The Labute approximate surface area is 183 Å². The van der Waals surface area contributed by atoms with E-state index in [0.29, 0.717) is 11.3 Å². The largest absolute Gasteiger partial charge is 0.486 e. The van der Waals surface area contributed by atoms with Crippen molar-refractivity contribution in [3.63, 3.8) is 0 Å². The van der Waals surface area contributed by atoms with Gasteiger partial charge in [0, 0.05) is 0 Å². The summed E-state index contributed by atoms with van der Waals surface area (Å²) in [5, 5.41) is 0.0894. The Morgan fingerprint density at radius 1 is 0.968 bits per heavy atom. The van der Waals surface area contributed by atoms with E-state index in [9.17, 15) is 13.2 Å². The van der Waals surface area contributed by atoms with Crippen LogP contribution in [0.3, 0.4) is 0 Å². The number of hydrogen-bond acceptors (Lipinski definition) is 1. The van der Waals surface area contributed by atoms with Crippen molar-refractivity contribution in [3.05, 3.63) is 53.4 Å². The van der Waals surface area contributed by atoms with Gasteiger partial charge in [-0.1, -0.05) is 44.4 Å². The number of rotatable bonds is 6.